The van der Waals surface area contributed by atoms with Crippen LogP contribution in [-0.4, -0.2) is 5.91 Å². The minimum absolute atomic E-state index is 0.338. The number of aryl methyl sites for hydroxylation is 1. The van der Waals surface area contributed by atoms with E-state index in [0.717, 1.165) is 5.56 Å². The highest BCUT2D eigenvalue weighted by molar-refractivity contribution is 6.08. The van der Waals surface area contributed by atoms with E-state index in [1.807, 2.05) is 13.0 Å². The Balaban J connectivity index is 2.31. The minimum atomic E-state index is -0.352. The van der Waals surface area contributed by atoms with E-state index in [-0.39, 0.29) is 11.7 Å². The van der Waals surface area contributed by atoms with E-state index in [4.69, 9.17) is 5.73 Å². The van der Waals surface area contributed by atoms with Crippen molar-refractivity contribution in [1.29, 1.82) is 0 Å². The number of hydrogen-bond donors (Lipinski definition) is 2. The number of hydrogen-bond acceptors (Lipinski definition) is 2. The van der Waals surface area contributed by atoms with E-state index in [1.54, 1.807) is 31.2 Å². The molecule has 0 aliphatic rings. The molecule has 0 fully saturated rings. The summed E-state index contributed by atoms with van der Waals surface area (Å²) in [5.74, 6) is -0.690. The molecule has 0 aliphatic heterocycles. The number of carbonyl (C=O) groups is 1. The topological polar surface area (TPSA) is 55.1 Å². The molecule has 2 aromatic carbocycles. The van der Waals surface area contributed by atoms with Crippen LogP contribution >= 0.6 is 0 Å². The van der Waals surface area contributed by atoms with Crippen LogP contribution in [0.3, 0.4) is 0 Å². The van der Waals surface area contributed by atoms with Crippen molar-refractivity contribution in [3.05, 3.63) is 58.9 Å². The number of nitrogen functional groups attached to an aromatic ring is 1. The van der Waals surface area contributed by atoms with Crippen LogP contribution in [0.5, 0.6) is 0 Å². The fourth-order valence-corrected chi connectivity index (χ4v) is 1.80. The van der Waals surface area contributed by atoms with Crippen molar-refractivity contribution in [1.82, 2.24) is 0 Å². The Kier molecular flexibility index (Phi) is 3.51. The molecule has 2 rings (SSSR count). The van der Waals surface area contributed by atoms with Crippen molar-refractivity contribution in [2.24, 2.45) is 0 Å². The molecule has 0 aliphatic carbocycles. The molecule has 3 nitrogen and oxygen atoms in total. The fourth-order valence-electron chi connectivity index (χ4n) is 1.80. The highest BCUT2D eigenvalue weighted by atomic mass is 19.1. The lowest BCUT2D eigenvalue weighted by atomic mass is 10.1. The lowest BCUT2D eigenvalue weighted by Crippen LogP contribution is -2.15. The molecule has 98 valence electrons. The number of nitrogens with one attached hydrogen (secondary N) is 1. The highest BCUT2D eigenvalue weighted by Gasteiger charge is 2.12. The third-order valence-corrected chi connectivity index (χ3v) is 2.97. The van der Waals surface area contributed by atoms with Crippen LogP contribution in [0, 0.1) is 19.7 Å². The second kappa shape index (κ2) is 5.10. The predicted molar refractivity (Wildman–Crippen MR) is 74.7 cm³/mol. The van der Waals surface area contributed by atoms with Crippen LogP contribution < -0.4 is 11.1 Å². The third-order valence-electron chi connectivity index (χ3n) is 2.97. The van der Waals surface area contributed by atoms with Gasteiger partial charge in [-0.2, -0.15) is 0 Å². The molecule has 0 aromatic heterocycles. The average molecular weight is 258 g/mol. The van der Waals surface area contributed by atoms with E-state index in [0.29, 0.717) is 22.5 Å². The zero-order valence-electron chi connectivity index (χ0n) is 10.8. The minimum Gasteiger partial charge on any atom is -0.398 e. The standard InChI is InChI=1S/C15H15FN2O/c1-9-6-7-13(17)11(8-9)15(19)18-14-5-3-4-12(16)10(14)2/h3-8H,17H2,1-2H3,(H,18,19). The SMILES string of the molecule is Cc1ccc(N)c(C(=O)Nc2cccc(F)c2C)c1. The summed E-state index contributed by atoms with van der Waals surface area (Å²) in [5, 5.41) is 2.68. The number of nitrogens with two attached hydrogens (primary N) is 1. The Labute approximate surface area is 111 Å². The Morgan fingerprint density at radius 3 is 2.68 bits per heavy atom. The summed E-state index contributed by atoms with van der Waals surface area (Å²) < 4.78 is 13.4. The number of amides is 1. The predicted octanol–water partition coefficient (Wildman–Crippen LogP) is 3.28. The van der Waals surface area contributed by atoms with Gasteiger partial charge in [0.2, 0.25) is 0 Å². The van der Waals surface area contributed by atoms with Crippen LogP contribution in [0.1, 0.15) is 21.5 Å². The van der Waals surface area contributed by atoms with E-state index in [9.17, 15) is 9.18 Å². The van der Waals surface area contributed by atoms with Gasteiger partial charge in [-0.05, 0) is 38.1 Å². The molecule has 4 heteroatoms. The first-order chi connectivity index (χ1) is 8.99. The normalized spacial score (nSPS) is 10.3. The molecule has 19 heavy (non-hydrogen) atoms. The molecule has 0 saturated carbocycles. The quantitative estimate of drug-likeness (QED) is 0.812. The Hall–Kier alpha value is -2.36. The van der Waals surface area contributed by atoms with Crippen LogP contribution in [0.25, 0.3) is 0 Å². The third kappa shape index (κ3) is 2.73. The van der Waals surface area contributed by atoms with E-state index in [1.165, 1.54) is 6.07 Å². The average Bonchev–Trinajstić information content (AvgIpc) is 2.38. The summed E-state index contributed by atoms with van der Waals surface area (Å²) in [4.78, 5) is 12.1. The van der Waals surface area contributed by atoms with Crippen molar-refractivity contribution < 1.29 is 9.18 Å². The number of rotatable bonds is 2. The number of anilines is 2. The summed E-state index contributed by atoms with van der Waals surface area (Å²) in [6.45, 7) is 3.49. The van der Waals surface area contributed by atoms with Gasteiger partial charge in [0.05, 0.1) is 5.56 Å². The highest BCUT2D eigenvalue weighted by Crippen LogP contribution is 2.20. The van der Waals surface area contributed by atoms with Crippen molar-refractivity contribution in [2.45, 2.75) is 13.8 Å². The van der Waals surface area contributed by atoms with Crippen LogP contribution in [0.4, 0.5) is 15.8 Å². The van der Waals surface area contributed by atoms with Crippen LogP contribution in [-0.2, 0) is 0 Å². The van der Waals surface area contributed by atoms with Gasteiger partial charge in [-0.15, -0.1) is 0 Å². The Bertz CT molecular complexity index is 638. The first-order valence-electron chi connectivity index (χ1n) is 5.91. The molecular formula is C15H15FN2O. The van der Waals surface area contributed by atoms with Crippen molar-refractivity contribution in [3.63, 3.8) is 0 Å². The number of benzene rings is 2. The zero-order valence-corrected chi connectivity index (χ0v) is 10.8. The summed E-state index contributed by atoms with van der Waals surface area (Å²) >= 11 is 0. The van der Waals surface area contributed by atoms with Crippen molar-refractivity contribution >= 4 is 17.3 Å². The molecule has 1 amide bonds. The first kappa shape index (κ1) is 13.1. The van der Waals surface area contributed by atoms with Gasteiger partial charge in [-0.3, -0.25) is 4.79 Å². The maximum Gasteiger partial charge on any atom is 0.257 e. The molecule has 0 bridgehead atoms. The van der Waals surface area contributed by atoms with Crippen molar-refractivity contribution in [2.75, 3.05) is 11.1 Å². The number of carbonyl (C=O) groups excluding carboxylic acids is 1. The summed E-state index contributed by atoms with van der Waals surface area (Å²) in [6, 6.07) is 9.79. The van der Waals surface area contributed by atoms with Gasteiger partial charge < -0.3 is 11.1 Å². The summed E-state index contributed by atoms with van der Waals surface area (Å²) in [7, 11) is 0. The Morgan fingerprint density at radius 1 is 1.21 bits per heavy atom. The monoisotopic (exact) mass is 258 g/mol. The maximum absolute atomic E-state index is 13.4. The fraction of sp³-hybridized carbons (Fsp3) is 0.133. The molecule has 2 aromatic rings. The van der Waals surface area contributed by atoms with Gasteiger partial charge in [-0.1, -0.05) is 17.7 Å². The molecule has 3 N–H and O–H groups in total. The van der Waals surface area contributed by atoms with Crippen LogP contribution in [0.2, 0.25) is 0 Å². The van der Waals surface area contributed by atoms with Gasteiger partial charge in [0.1, 0.15) is 5.82 Å². The molecule has 0 spiro atoms. The smallest absolute Gasteiger partial charge is 0.257 e. The summed E-state index contributed by atoms with van der Waals surface area (Å²) in [5.41, 5.74) is 8.36. The largest absolute Gasteiger partial charge is 0.398 e. The number of halogens is 1. The van der Waals surface area contributed by atoms with Gasteiger partial charge in [0.25, 0.3) is 5.91 Å². The Morgan fingerprint density at radius 2 is 1.95 bits per heavy atom. The van der Waals surface area contributed by atoms with E-state index in [2.05, 4.69) is 5.32 Å². The summed E-state index contributed by atoms with van der Waals surface area (Å²) in [6.07, 6.45) is 0. The van der Waals surface area contributed by atoms with Crippen molar-refractivity contribution in [3.8, 4) is 0 Å². The molecule has 0 heterocycles. The molecular weight excluding hydrogens is 243 g/mol. The molecule has 0 unspecified atom stereocenters. The molecule has 0 saturated heterocycles. The molecule has 0 atom stereocenters. The van der Waals surface area contributed by atoms with E-state index < -0.39 is 0 Å². The first-order valence-corrected chi connectivity index (χ1v) is 5.91. The van der Waals surface area contributed by atoms with Gasteiger partial charge >= 0.3 is 0 Å². The maximum atomic E-state index is 13.4. The van der Waals surface area contributed by atoms with Crippen LogP contribution in [0.15, 0.2) is 36.4 Å². The lowest BCUT2D eigenvalue weighted by molar-refractivity contribution is 0.102. The van der Waals surface area contributed by atoms with Gasteiger partial charge in [-0.25, -0.2) is 4.39 Å². The second-order valence-electron chi connectivity index (χ2n) is 4.46. The molecule has 0 radical (unpaired) electrons. The van der Waals surface area contributed by atoms with Gasteiger partial charge in [0.15, 0.2) is 0 Å². The van der Waals surface area contributed by atoms with E-state index >= 15 is 0 Å². The zero-order chi connectivity index (χ0) is 14.0. The lowest BCUT2D eigenvalue weighted by Gasteiger charge is -2.10. The van der Waals surface area contributed by atoms with Gasteiger partial charge in [0, 0.05) is 16.9 Å². The second-order valence-corrected chi connectivity index (χ2v) is 4.46.